The lowest BCUT2D eigenvalue weighted by Crippen LogP contribution is -2.22. The Hall–Kier alpha value is -2.42. The van der Waals surface area contributed by atoms with Crippen LogP contribution in [0.25, 0.3) is 0 Å². The third-order valence-electron chi connectivity index (χ3n) is 3.90. The van der Waals surface area contributed by atoms with Gasteiger partial charge in [0.1, 0.15) is 5.75 Å². The maximum absolute atomic E-state index is 12.5. The standard InChI is InChI=1S/C19H24N2O5S/c1-5-26-13-15-12-14(6-11-18(15)25-4)19(22)20-16-7-9-17(10-8-16)27(23,24)21(2)3/h6-12H,5,13H2,1-4H3,(H,20,22). The van der Waals surface area contributed by atoms with Crippen LogP contribution in [0.3, 0.4) is 0 Å². The van der Waals surface area contributed by atoms with Gasteiger partial charge in [-0.1, -0.05) is 0 Å². The first-order valence-corrected chi connectivity index (χ1v) is 9.82. The van der Waals surface area contributed by atoms with Gasteiger partial charge in [-0.2, -0.15) is 0 Å². The van der Waals surface area contributed by atoms with E-state index in [1.165, 1.54) is 26.2 Å². The molecular weight excluding hydrogens is 368 g/mol. The highest BCUT2D eigenvalue weighted by molar-refractivity contribution is 7.89. The quantitative estimate of drug-likeness (QED) is 0.747. The van der Waals surface area contributed by atoms with E-state index in [4.69, 9.17) is 9.47 Å². The number of anilines is 1. The minimum atomic E-state index is -3.50. The summed E-state index contributed by atoms with van der Waals surface area (Å²) in [6.07, 6.45) is 0. The Morgan fingerprint density at radius 1 is 1.11 bits per heavy atom. The second kappa shape index (κ2) is 8.98. The Balaban J connectivity index is 2.17. The van der Waals surface area contributed by atoms with Gasteiger partial charge in [-0.05, 0) is 49.4 Å². The van der Waals surface area contributed by atoms with E-state index in [1.54, 1.807) is 37.4 Å². The first-order chi connectivity index (χ1) is 12.8. The van der Waals surface area contributed by atoms with Crippen molar-refractivity contribution in [3.63, 3.8) is 0 Å². The normalized spacial score (nSPS) is 11.4. The van der Waals surface area contributed by atoms with E-state index in [-0.39, 0.29) is 10.8 Å². The molecule has 8 heteroatoms. The summed E-state index contributed by atoms with van der Waals surface area (Å²) < 4.78 is 36.0. The van der Waals surface area contributed by atoms with Crippen molar-refractivity contribution in [2.75, 3.05) is 33.1 Å². The van der Waals surface area contributed by atoms with Crippen molar-refractivity contribution in [2.24, 2.45) is 0 Å². The number of benzene rings is 2. The fourth-order valence-corrected chi connectivity index (χ4v) is 3.27. The Bertz CT molecular complexity index is 893. The van der Waals surface area contributed by atoms with Crippen LogP contribution >= 0.6 is 0 Å². The van der Waals surface area contributed by atoms with Crippen molar-refractivity contribution >= 4 is 21.6 Å². The molecule has 0 atom stereocenters. The Labute approximate surface area is 160 Å². The molecule has 0 aliphatic carbocycles. The molecule has 0 aliphatic rings. The van der Waals surface area contributed by atoms with E-state index < -0.39 is 10.0 Å². The van der Waals surface area contributed by atoms with Gasteiger partial charge in [-0.3, -0.25) is 4.79 Å². The molecule has 0 unspecified atom stereocenters. The van der Waals surface area contributed by atoms with E-state index in [0.29, 0.717) is 30.2 Å². The monoisotopic (exact) mass is 392 g/mol. The van der Waals surface area contributed by atoms with E-state index in [0.717, 1.165) is 9.87 Å². The van der Waals surface area contributed by atoms with Crippen molar-refractivity contribution in [3.8, 4) is 5.75 Å². The van der Waals surface area contributed by atoms with Crippen LogP contribution < -0.4 is 10.1 Å². The molecule has 0 bridgehead atoms. The van der Waals surface area contributed by atoms with Crippen LogP contribution in [0.1, 0.15) is 22.8 Å². The fraction of sp³-hybridized carbons (Fsp3) is 0.316. The molecule has 2 rings (SSSR count). The van der Waals surface area contributed by atoms with E-state index in [1.807, 2.05) is 6.92 Å². The largest absolute Gasteiger partial charge is 0.496 e. The number of hydrogen-bond acceptors (Lipinski definition) is 5. The predicted octanol–water partition coefficient (Wildman–Crippen LogP) is 2.73. The molecule has 0 aromatic heterocycles. The van der Waals surface area contributed by atoms with Gasteiger partial charge in [0, 0.05) is 37.5 Å². The van der Waals surface area contributed by atoms with Gasteiger partial charge in [0.25, 0.3) is 5.91 Å². The second-order valence-electron chi connectivity index (χ2n) is 5.93. The molecule has 0 spiro atoms. The van der Waals surface area contributed by atoms with Gasteiger partial charge < -0.3 is 14.8 Å². The number of ether oxygens (including phenoxy) is 2. The zero-order valence-corrected chi connectivity index (χ0v) is 16.7. The molecule has 1 N–H and O–H groups in total. The van der Waals surface area contributed by atoms with Crippen molar-refractivity contribution in [2.45, 2.75) is 18.4 Å². The number of rotatable bonds is 8. The number of methoxy groups -OCH3 is 1. The lowest BCUT2D eigenvalue weighted by atomic mass is 10.1. The van der Waals surface area contributed by atoms with Crippen LogP contribution in [0, 0.1) is 0 Å². The number of sulfonamides is 1. The summed E-state index contributed by atoms with van der Waals surface area (Å²) in [5, 5.41) is 2.76. The molecule has 2 aromatic rings. The van der Waals surface area contributed by atoms with Crippen molar-refractivity contribution < 1.29 is 22.7 Å². The van der Waals surface area contributed by atoms with E-state index >= 15 is 0 Å². The third kappa shape index (κ3) is 5.06. The van der Waals surface area contributed by atoms with Crippen molar-refractivity contribution in [3.05, 3.63) is 53.6 Å². The predicted molar refractivity (Wildman–Crippen MR) is 104 cm³/mol. The number of carbonyl (C=O) groups is 1. The molecule has 0 fully saturated rings. The molecule has 146 valence electrons. The average Bonchev–Trinajstić information content (AvgIpc) is 2.66. The molecular formula is C19H24N2O5S. The van der Waals surface area contributed by atoms with Crippen LogP contribution in [-0.4, -0.2) is 46.4 Å². The molecule has 0 radical (unpaired) electrons. The summed E-state index contributed by atoms with van der Waals surface area (Å²) in [4.78, 5) is 12.7. The Kier molecular flexibility index (Phi) is 6.95. The van der Waals surface area contributed by atoms with Gasteiger partial charge >= 0.3 is 0 Å². The van der Waals surface area contributed by atoms with E-state index in [2.05, 4.69) is 5.32 Å². The maximum Gasteiger partial charge on any atom is 0.255 e. The number of hydrogen-bond donors (Lipinski definition) is 1. The summed E-state index contributed by atoms with van der Waals surface area (Å²) in [6.45, 7) is 2.79. The molecule has 2 aromatic carbocycles. The van der Waals surface area contributed by atoms with Crippen LogP contribution in [0.15, 0.2) is 47.4 Å². The summed E-state index contributed by atoms with van der Waals surface area (Å²) in [7, 11) is 0.993. The summed E-state index contributed by atoms with van der Waals surface area (Å²) in [6, 6.07) is 11.1. The second-order valence-corrected chi connectivity index (χ2v) is 8.08. The first-order valence-electron chi connectivity index (χ1n) is 8.38. The first kappa shape index (κ1) is 20.9. The molecule has 1 amide bonds. The molecule has 27 heavy (non-hydrogen) atoms. The maximum atomic E-state index is 12.5. The number of nitrogens with one attached hydrogen (secondary N) is 1. The van der Waals surface area contributed by atoms with Gasteiger partial charge in [0.15, 0.2) is 0 Å². The zero-order valence-electron chi connectivity index (χ0n) is 15.9. The lowest BCUT2D eigenvalue weighted by Gasteiger charge is -2.13. The van der Waals surface area contributed by atoms with Crippen molar-refractivity contribution in [1.29, 1.82) is 0 Å². The minimum Gasteiger partial charge on any atom is -0.496 e. The van der Waals surface area contributed by atoms with Crippen LogP contribution in [0.5, 0.6) is 5.75 Å². The highest BCUT2D eigenvalue weighted by Gasteiger charge is 2.17. The smallest absolute Gasteiger partial charge is 0.255 e. The average molecular weight is 392 g/mol. The van der Waals surface area contributed by atoms with Crippen molar-refractivity contribution in [1.82, 2.24) is 4.31 Å². The van der Waals surface area contributed by atoms with Gasteiger partial charge in [-0.15, -0.1) is 0 Å². The molecule has 7 nitrogen and oxygen atoms in total. The minimum absolute atomic E-state index is 0.161. The zero-order chi connectivity index (χ0) is 20.0. The Morgan fingerprint density at radius 3 is 2.33 bits per heavy atom. The van der Waals surface area contributed by atoms with Crippen LogP contribution in [0.2, 0.25) is 0 Å². The van der Waals surface area contributed by atoms with Crippen LogP contribution in [0.4, 0.5) is 5.69 Å². The number of carbonyl (C=O) groups excluding carboxylic acids is 1. The molecule has 0 aliphatic heterocycles. The number of amides is 1. The highest BCUT2D eigenvalue weighted by Crippen LogP contribution is 2.22. The molecule has 0 heterocycles. The fourth-order valence-electron chi connectivity index (χ4n) is 2.37. The van der Waals surface area contributed by atoms with Crippen LogP contribution in [-0.2, 0) is 21.4 Å². The summed E-state index contributed by atoms with van der Waals surface area (Å²) in [5.41, 5.74) is 1.73. The highest BCUT2D eigenvalue weighted by atomic mass is 32.2. The van der Waals surface area contributed by atoms with Gasteiger partial charge in [0.2, 0.25) is 10.0 Å². The molecule has 0 saturated heterocycles. The SMILES string of the molecule is CCOCc1cc(C(=O)Nc2ccc(S(=O)(=O)N(C)C)cc2)ccc1OC. The Morgan fingerprint density at radius 2 is 1.78 bits per heavy atom. The lowest BCUT2D eigenvalue weighted by molar-refractivity contribution is 0.102. The summed E-state index contributed by atoms with van der Waals surface area (Å²) in [5.74, 6) is 0.344. The number of nitrogens with zero attached hydrogens (tertiary/aromatic N) is 1. The topological polar surface area (TPSA) is 84.9 Å². The van der Waals surface area contributed by atoms with Gasteiger partial charge in [0.05, 0.1) is 18.6 Å². The third-order valence-corrected chi connectivity index (χ3v) is 5.72. The summed E-state index contributed by atoms with van der Waals surface area (Å²) >= 11 is 0. The molecule has 0 saturated carbocycles. The van der Waals surface area contributed by atoms with E-state index in [9.17, 15) is 13.2 Å². The van der Waals surface area contributed by atoms with Gasteiger partial charge in [-0.25, -0.2) is 12.7 Å².